The largest absolute Gasteiger partial charge is 0.351 e. The summed E-state index contributed by atoms with van der Waals surface area (Å²) in [6.45, 7) is 2.04. The van der Waals surface area contributed by atoms with E-state index in [9.17, 15) is 9.59 Å². The molecule has 0 aromatic heterocycles. The highest BCUT2D eigenvalue weighted by molar-refractivity contribution is 5.94. The number of hydrogen-bond donors (Lipinski definition) is 1. The van der Waals surface area contributed by atoms with Crippen LogP contribution in [0.2, 0.25) is 0 Å². The van der Waals surface area contributed by atoms with Gasteiger partial charge in [-0.1, -0.05) is 61.2 Å². The molecule has 1 aromatic rings. The topological polar surface area (TPSA) is 49.4 Å². The zero-order valence-electron chi connectivity index (χ0n) is 15.5. The number of carbonyl (C=O) groups is 2. The SMILES string of the molecule is Cc1ccc(C(C(=O)NC2CCCCC2)N2C(=O)[C@@H]3CC=CC[C@@H]32)cc1. The summed E-state index contributed by atoms with van der Waals surface area (Å²) in [5.74, 6) is 0.182. The van der Waals surface area contributed by atoms with Crippen molar-refractivity contribution in [3.63, 3.8) is 0 Å². The molecule has 2 fully saturated rings. The summed E-state index contributed by atoms with van der Waals surface area (Å²) < 4.78 is 0. The Morgan fingerprint density at radius 3 is 2.50 bits per heavy atom. The first-order valence-corrected chi connectivity index (χ1v) is 9.99. The standard InChI is InChI=1S/C22H28N2O2/c1-15-11-13-16(14-12-15)20(21(25)23-17-7-3-2-4-8-17)24-19-10-6-5-9-18(19)22(24)26/h5-6,11-14,17-20H,2-4,7-10H2,1H3,(H,23,25)/t18-,19+,20?/m1/s1. The quantitative estimate of drug-likeness (QED) is 0.664. The van der Waals surface area contributed by atoms with E-state index in [1.165, 1.54) is 19.3 Å². The minimum absolute atomic E-state index is 0.0119. The molecule has 4 heteroatoms. The number of fused-ring (bicyclic) bond motifs is 1. The first-order valence-electron chi connectivity index (χ1n) is 9.99. The van der Waals surface area contributed by atoms with Gasteiger partial charge >= 0.3 is 0 Å². The van der Waals surface area contributed by atoms with Crippen LogP contribution in [0.1, 0.15) is 62.1 Å². The first kappa shape index (κ1) is 17.3. The van der Waals surface area contributed by atoms with Gasteiger partial charge in [0, 0.05) is 12.1 Å². The Labute approximate surface area is 155 Å². The maximum absolute atomic E-state index is 13.2. The van der Waals surface area contributed by atoms with Crippen molar-refractivity contribution in [1.29, 1.82) is 0 Å². The summed E-state index contributed by atoms with van der Waals surface area (Å²) >= 11 is 0. The lowest BCUT2D eigenvalue weighted by atomic mass is 9.77. The molecule has 26 heavy (non-hydrogen) atoms. The van der Waals surface area contributed by atoms with E-state index in [-0.39, 0.29) is 29.8 Å². The third kappa shape index (κ3) is 3.17. The third-order valence-corrected chi connectivity index (χ3v) is 6.20. The number of rotatable bonds is 4. The molecule has 0 spiro atoms. The lowest BCUT2D eigenvalue weighted by molar-refractivity contribution is -0.165. The molecule has 4 nitrogen and oxygen atoms in total. The molecule has 1 N–H and O–H groups in total. The van der Waals surface area contributed by atoms with E-state index >= 15 is 0 Å². The van der Waals surface area contributed by atoms with E-state index in [4.69, 9.17) is 0 Å². The van der Waals surface area contributed by atoms with Crippen LogP contribution in [0, 0.1) is 12.8 Å². The van der Waals surface area contributed by atoms with Crippen LogP contribution in [-0.2, 0) is 9.59 Å². The number of amides is 2. The summed E-state index contributed by atoms with van der Waals surface area (Å²) in [6.07, 6.45) is 11.6. The summed E-state index contributed by atoms with van der Waals surface area (Å²) in [4.78, 5) is 27.9. The fraction of sp³-hybridized carbons (Fsp3) is 0.545. The minimum Gasteiger partial charge on any atom is -0.351 e. The highest BCUT2D eigenvalue weighted by Crippen LogP contribution is 2.41. The number of carbonyl (C=O) groups excluding carboxylic acids is 2. The van der Waals surface area contributed by atoms with Crippen molar-refractivity contribution in [3.05, 3.63) is 47.5 Å². The number of nitrogens with one attached hydrogen (secondary N) is 1. The molecule has 0 bridgehead atoms. The van der Waals surface area contributed by atoms with Crippen LogP contribution in [0.3, 0.4) is 0 Å². The second-order valence-electron chi connectivity index (χ2n) is 8.02. The number of β-lactam (4-membered cyclic amide) rings is 1. The number of nitrogens with zero attached hydrogens (tertiary/aromatic N) is 1. The molecule has 4 rings (SSSR count). The number of likely N-dealkylation sites (tertiary alicyclic amines) is 1. The molecule has 1 saturated carbocycles. The Morgan fingerprint density at radius 2 is 1.77 bits per heavy atom. The molecular weight excluding hydrogens is 324 g/mol. The van der Waals surface area contributed by atoms with Gasteiger partial charge in [0.2, 0.25) is 11.8 Å². The van der Waals surface area contributed by atoms with Gasteiger partial charge in [-0.15, -0.1) is 0 Å². The maximum atomic E-state index is 13.2. The highest BCUT2D eigenvalue weighted by Gasteiger charge is 2.52. The zero-order valence-corrected chi connectivity index (χ0v) is 15.5. The molecule has 1 aliphatic heterocycles. The van der Waals surface area contributed by atoms with Crippen molar-refractivity contribution >= 4 is 11.8 Å². The fourth-order valence-electron chi connectivity index (χ4n) is 4.68. The van der Waals surface area contributed by atoms with Crippen LogP contribution in [0.15, 0.2) is 36.4 Å². The van der Waals surface area contributed by atoms with Gasteiger partial charge in [-0.05, 0) is 38.2 Å². The summed E-state index contributed by atoms with van der Waals surface area (Å²) in [7, 11) is 0. The second-order valence-corrected chi connectivity index (χ2v) is 8.02. The molecule has 3 aliphatic rings. The van der Waals surface area contributed by atoms with Crippen molar-refractivity contribution < 1.29 is 9.59 Å². The van der Waals surface area contributed by atoms with Crippen molar-refractivity contribution in [1.82, 2.24) is 10.2 Å². The average Bonchev–Trinajstić information content (AvgIpc) is 2.67. The van der Waals surface area contributed by atoms with Crippen molar-refractivity contribution in [2.24, 2.45) is 5.92 Å². The Morgan fingerprint density at radius 1 is 1.08 bits per heavy atom. The molecule has 0 radical (unpaired) electrons. The number of benzene rings is 1. The van der Waals surface area contributed by atoms with Gasteiger partial charge < -0.3 is 10.2 Å². The molecule has 1 aromatic carbocycles. The number of aryl methyl sites for hydroxylation is 1. The molecular formula is C22H28N2O2. The smallest absolute Gasteiger partial charge is 0.247 e. The van der Waals surface area contributed by atoms with Gasteiger partial charge in [0.05, 0.1) is 5.92 Å². The van der Waals surface area contributed by atoms with Gasteiger partial charge in [0.1, 0.15) is 6.04 Å². The van der Waals surface area contributed by atoms with Crippen LogP contribution in [0.5, 0.6) is 0 Å². The van der Waals surface area contributed by atoms with Crippen LogP contribution >= 0.6 is 0 Å². The van der Waals surface area contributed by atoms with E-state index in [1.54, 1.807) is 0 Å². The Bertz CT molecular complexity index is 703. The van der Waals surface area contributed by atoms with Crippen LogP contribution < -0.4 is 5.32 Å². The first-order chi connectivity index (χ1) is 12.6. The molecule has 1 saturated heterocycles. The van der Waals surface area contributed by atoms with Crippen molar-refractivity contribution in [3.8, 4) is 0 Å². The Kier molecular flexibility index (Phi) is 4.84. The summed E-state index contributed by atoms with van der Waals surface area (Å²) in [6, 6.07) is 7.97. The van der Waals surface area contributed by atoms with Crippen LogP contribution in [-0.4, -0.2) is 28.8 Å². The monoisotopic (exact) mass is 352 g/mol. The molecule has 2 aliphatic carbocycles. The third-order valence-electron chi connectivity index (χ3n) is 6.20. The highest BCUT2D eigenvalue weighted by atomic mass is 16.2. The van der Waals surface area contributed by atoms with E-state index in [0.29, 0.717) is 0 Å². The predicted octanol–water partition coefficient (Wildman–Crippen LogP) is 3.66. The van der Waals surface area contributed by atoms with E-state index in [0.717, 1.165) is 36.8 Å². The molecule has 3 atom stereocenters. The van der Waals surface area contributed by atoms with Gasteiger partial charge in [-0.25, -0.2) is 0 Å². The van der Waals surface area contributed by atoms with Crippen LogP contribution in [0.4, 0.5) is 0 Å². The normalized spacial score (nSPS) is 26.8. The molecule has 1 unspecified atom stereocenters. The predicted molar refractivity (Wildman–Crippen MR) is 101 cm³/mol. The van der Waals surface area contributed by atoms with Crippen LogP contribution in [0.25, 0.3) is 0 Å². The molecule has 1 heterocycles. The summed E-state index contributed by atoms with van der Waals surface area (Å²) in [5, 5.41) is 3.25. The van der Waals surface area contributed by atoms with Gasteiger partial charge in [-0.3, -0.25) is 9.59 Å². The fourth-order valence-corrected chi connectivity index (χ4v) is 4.68. The molecule has 138 valence electrons. The zero-order chi connectivity index (χ0) is 18.1. The number of hydrogen-bond acceptors (Lipinski definition) is 2. The van der Waals surface area contributed by atoms with Gasteiger partial charge in [0.25, 0.3) is 0 Å². The Hall–Kier alpha value is -2.10. The minimum atomic E-state index is -0.502. The molecule has 2 amide bonds. The average molecular weight is 352 g/mol. The van der Waals surface area contributed by atoms with Crippen molar-refractivity contribution in [2.75, 3.05) is 0 Å². The summed E-state index contributed by atoms with van der Waals surface area (Å²) in [5.41, 5.74) is 2.08. The second kappa shape index (κ2) is 7.26. The maximum Gasteiger partial charge on any atom is 0.247 e. The van der Waals surface area contributed by atoms with Gasteiger partial charge in [0.15, 0.2) is 0 Å². The number of allylic oxidation sites excluding steroid dienone is 1. The van der Waals surface area contributed by atoms with E-state index in [2.05, 4.69) is 17.5 Å². The Balaban J connectivity index is 1.59. The van der Waals surface area contributed by atoms with E-state index in [1.807, 2.05) is 36.1 Å². The van der Waals surface area contributed by atoms with E-state index < -0.39 is 6.04 Å². The lowest BCUT2D eigenvalue weighted by Crippen LogP contribution is -2.64. The van der Waals surface area contributed by atoms with Gasteiger partial charge in [-0.2, -0.15) is 0 Å². The van der Waals surface area contributed by atoms with Crippen molar-refractivity contribution in [2.45, 2.75) is 70.0 Å². The lowest BCUT2D eigenvalue weighted by Gasteiger charge is -2.51.